The Balaban J connectivity index is 0.000000171. The van der Waals surface area contributed by atoms with E-state index < -0.39 is 0 Å². The van der Waals surface area contributed by atoms with Gasteiger partial charge in [-0.1, -0.05) is 60.7 Å². The SMILES string of the molecule is C[C@@H](N)c1ccccc1.NCc1ccccc1. The predicted octanol–water partition coefficient (Wildman–Crippen LogP) is 2.85. The van der Waals surface area contributed by atoms with E-state index in [1.807, 2.05) is 67.6 Å². The molecule has 2 rings (SSSR count). The molecule has 2 nitrogen and oxygen atoms in total. The van der Waals surface area contributed by atoms with Crippen LogP contribution in [0.2, 0.25) is 0 Å². The highest BCUT2D eigenvalue weighted by atomic mass is 14.6. The van der Waals surface area contributed by atoms with Gasteiger partial charge in [-0.25, -0.2) is 0 Å². The molecule has 4 N–H and O–H groups in total. The summed E-state index contributed by atoms with van der Waals surface area (Å²) in [5, 5.41) is 0. The van der Waals surface area contributed by atoms with Crippen LogP contribution in [0.25, 0.3) is 0 Å². The van der Waals surface area contributed by atoms with Gasteiger partial charge in [-0.3, -0.25) is 0 Å². The smallest absolute Gasteiger partial charge is 0.0266 e. The molecule has 0 amide bonds. The normalized spacial score (nSPS) is 11.2. The van der Waals surface area contributed by atoms with E-state index in [2.05, 4.69) is 0 Å². The standard InChI is InChI=1S/C8H11N.C7H9N/c1-7(9)8-5-3-2-4-6-8;8-6-7-4-2-1-3-5-7/h2-7H,9H2,1H3;1-5H,6,8H2/t7-;/m1./s1. The molecule has 0 spiro atoms. The van der Waals surface area contributed by atoms with Gasteiger partial charge < -0.3 is 11.5 Å². The van der Waals surface area contributed by atoms with Crippen LogP contribution >= 0.6 is 0 Å². The molecule has 0 aliphatic carbocycles. The van der Waals surface area contributed by atoms with Crippen LogP contribution in [0.15, 0.2) is 60.7 Å². The van der Waals surface area contributed by atoms with Crippen molar-refractivity contribution in [3.63, 3.8) is 0 Å². The quantitative estimate of drug-likeness (QED) is 0.830. The fourth-order valence-corrected chi connectivity index (χ4v) is 1.37. The third-order valence-electron chi connectivity index (χ3n) is 2.40. The van der Waals surface area contributed by atoms with Crippen molar-refractivity contribution in [2.45, 2.75) is 19.5 Å². The molecule has 0 radical (unpaired) electrons. The van der Waals surface area contributed by atoms with Gasteiger partial charge in [0, 0.05) is 12.6 Å². The zero-order valence-corrected chi connectivity index (χ0v) is 10.2. The first-order valence-corrected chi connectivity index (χ1v) is 5.78. The highest BCUT2D eigenvalue weighted by Crippen LogP contribution is 2.06. The second-order valence-corrected chi connectivity index (χ2v) is 3.89. The Morgan fingerprint density at radius 2 is 1.35 bits per heavy atom. The molecule has 0 unspecified atom stereocenters. The van der Waals surface area contributed by atoms with Crippen molar-refractivity contribution >= 4 is 0 Å². The van der Waals surface area contributed by atoms with Gasteiger partial charge in [0.05, 0.1) is 0 Å². The van der Waals surface area contributed by atoms with E-state index in [9.17, 15) is 0 Å². The number of hydrogen-bond acceptors (Lipinski definition) is 2. The number of benzene rings is 2. The number of nitrogens with two attached hydrogens (primary N) is 2. The first-order valence-electron chi connectivity index (χ1n) is 5.78. The average molecular weight is 228 g/mol. The molecule has 0 fully saturated rings. The summed E-state index contributed by atoms with van der Waals surface area (Å²) in [5.74, 6) is 0. The molecule has 1 atom stereocenters. The van der Waals surface area contributed by atoms with Crippen molar-refractivity contribution in [1.29, 1.82) is 0 Å². The highest BCUT2D eigenvalue weighted by molar-refractivity contribution is 5.17. The van der Waals surface area contributed by atoms with Crippen molar-refractivity contribution in [2.75, 3.05) is 0 Å². The van der Waals surface area contributed by atoms with Gasteiger partial charge in [0.15, 0.2) is 0 Å². The maximum absolute atomic E-state index is 5.61. The Kier molecular flexibility index (Phi) is 6.00. The van der Waals surface area contributed by atoms with Gasteiger partial charge in [0.2, 0.25) is 0 Å². The summed E-state index contributed by atoms with van der Waals surface area (Å²) in [6.45, 7) is 2.62. The molecule has 0 aliphatic heterocycles. The van der Waals surface area contributed by atoms with E-state index in [1.54, 1.807) is 0 Å². The summed E-state index contributed by atoms with van der Waals surface area (Å²) in [6.07, 6.45) is 0. The molecule has 2 heteroatoms. The van der Waals surface area contributed by atoms with Gasteiger partial charge >= 0.3 is 0 Å². The molecule has 0 saturated heterocycles. The zero-order chi connectivity index (χ0) is 12.5. The Labute approximate surface area is 103 Å². The molecule has 0 aliphatic rings. The van der Waals surface area contributed by atoms with Gasteiger partial charge in [0.1, 0.15) is 0 Å². The van der Waals surface area contributed by atoms with Crippen LogP contribution < -0.4 is 11.5 Å². The van der Waals surface area contributed by atoms with Crippen molar-refractivity contribution in [2.24, 2.45) is 11.5 Å². The van der Waals surface area contributed by atoms with E-state index >= 15 is 0 Å². The third-order valence-corrected chi connectivity index (χ3v) is 2.40. The fourth-order valence-electron chi connectivity index (χ4n) is 1.37. The van der Waals surface area contributed by atoms with Crippen LogP contribution in [0.3, 0.4) is 0 Å². The van der Waals surface area contributed by atoms with E-state index in [0.717, 1.165) is 0 Å². The topological polar surface area (TPSA) is 52.0 Å². The summed E-state index contributed by atoms with van der Waals surface area (Å²) >= 11 is 0. The highest BCUT2D eigenvalue weighted by Gasteiger charge is 1.93. The molecule has 0 bridgehead atoms. The molecule has 0 saturated carbocycles. The second-order valence-electron chi connectivity index (χ2n) is 3.89. The first kappa shape index (κ1) is 13.4. The van der Waals surface area contributed by atoms with Gasteiger partial charge in [0.25, 0.3) is 0 Å². The monoisotopic (exact) mass is 228 g/mol. The van der Waals surface area contributed by atoms with Gasteiger partial charge in [-0.2, -0.15) is 0 Å². The number of hydrogen-bond donors (Lipinski definition) is 2. The molecule has 0 aromatic heterocycles. The Hall–Kier alpha value is -1.64. The van der Waals surface area contributed by atoms with Crippen LogP contribution in [0, 0.1) is 0 Å². The summed E-state index contributed by atoms with van der Waals surface area (Å²) in [5.41, 5.74) is 13.3. The lowest BCUT2D eigenvalue weighted by Crippen LogP contribution is -2.03. The molecular weight excluding hydrogens is 208 g/mol. The lowest BCUT2D eigenvalue weighted by atomic mass is 10.1. The lowest BCUT2D eigenvalue weighted by molar-refractivity contribution is 0.818. The average Bonchev–Trinajstić information content (AvgIpc) is 2.41. The van der Waals surface area contributed by atoms with Crippen LogP contribution in [0.5, 0.6) is 0 Å². The molecule has 90 valence electrons. The van der Waals surface area contributed by atoms with E-state index in [1.165, 1.54) is 11.1 Å². The van der Waals surface area contributed by atoms with E-state index in [4.69, 9.17) is 11.5 Å². The minimum Gasteiger partial charge on any atom is -0.326 e. The second kappa shape index (κ2) is 7.60. The Morgan fingerprint density at radius 3 is 1.65 bits per heavy atom. The van der Waals surface area contributed by atoms with Crippen molar-refractivity contribution < 1.29 is 0 Å². The van der Waals surface area contributed by atoms with Crippen molar-refractivity contribution in [3.8, 4) is 0 Å². The molecule has 0 heterocycles. The summed E-state index contributed by atoms with van der Waals surface area (Å²) in [7, 11) is 0. The first-order chi connectivity index (χ1) is 8.24. The fraction of sp³-hybridized carbons (Fsp3) is 0.200. The maximum atomic E-state index is 5.61. The van der Waals surface area contributed by atoms with Gasteiger partial charge in [-0.15, -0.1) is 0 Å². The lowest BCUT2D eigenvalue weighted by Gasteiger charge is -2.02. The van der Waals surface area contributed by atoms with E-state index in [-0.39, 0.29) is 6.04 Å². The zero-order valence-electron chi connectivity index (χ0n) is 10.2. The summed E-state index contributed by atoms with van der Waals surface area (Å²) in [4.78, 5) is 0. The maximum Gasteiger partial charge on any atom is 0.0266 e. The van der Waals surface area contributed by atoms with Crippen molar-refractivity contribution in [3.05, 3.63) is 71.8 Å². The largest absolute Gasteiger partial charge is 0.326 e. The number of rotatable bonds is 2. The van der Waals surface area contributed by atoms with Crippen LogP contribution in [0.4, 0.5) is 0 Å². The third kappa shape index (κ3) is 5.29. The summed E-state index contributed by atoms with van der Waals surface area (Å²) in [6, 6.07) is 20.2. The van der Waals surface area contributed by atoms with Crippen molar-refractivity contribution in [1.82, 2.24) is 0 Å². The predicted molar refractivity (Wildman–Crippen MR) is 73.4 cm³/mol. The van der Waals surface area contributed by atoms with E-state index in [0.29, 0.717) is 6.54 Å². The Morgan fingerprint density at radius 1 is 0.882 bits per heavy atom. The molecule has 2 aromatic rings. The molecule has 17 heavy (non-hydrogen) atoms. The molecular formula is C15H20N2. The molecule has 2 aromatic carbocycles. The minimum atomic E-state index is 0.159. The van der Waals surface area contributed by atoms with Crippen LogP contribution in [-0.2, 0) is 6.54 Å². The summed E-state index contributed by atoms with van der Waals surface area (Å²) < 4.78 is 0. The minimum absolute atomic E-state index is 0.159. The van der Waals surface area contributed by atoms with Gasteiger partial charge in [-0.05, 0) is 18.1 Å². The Bertz CT molecular complexity index is 396. The van der Waals surface area contributed by atoms with Crippen LogP contribution in [0.1, 0.15) is 24.1 Å². The van der Waals surface area contributed by atoms with Crippen LogP contribution in [-0.4, -0.2) is 0 Å².